The van der Waals surface area contributed by atoms with Crippen LogP contribution in [-0.4, -0.2) is 0 Å². The van der Waals surface area contributed by atoms with Crippen LogP contribution in [0.2, 0.25) is 0 Å². The molecule has 0 saturated heterocycles. The van der Waals surface area contributed by atoms with Crippen LogP contribution >= 0.6 is 0 Å². The van der Waals surface area contributed by atoms with Crippen LogP contribution < -0.4 is 4.90 Å². The Bertz CT molecular complexity index is 2960. The van der Waals surface area contributed by atoms with Gasteiger partial charge in [-0.3, -0.25) is 0 Å². The summed E-state index contributed by atoms with van der Waals surface area (Å²) in [5.41, 5.74) is 15.3. The molecule has 0 saturated carbocycles. The molecule has 0 bridgehead atoms. The van der Waals surface area contributed by atoms with E-state index in [0.717, 1.165) is 17.1 Å². The molecule has 0 fully saturated rings. The van der Waals surface area contributed by atoms with E-state index in [0.29, 0.717) is 0 Å². The lowest BCUT2D eigenvalue weighted by Crippen LogP contribution is -2.11. The summed E-state index contributed by atoms with van der Waals surface area (Å²) >= 11 is 0. The highest BCUT2D eigenvalue weighted by molar-refractivity contribution is 6.25. The monoisotopic (exact) mass is 725 g/mol. The van der Waals surface area contributed by atoms with Crippen LogP contribution in [0.1, 0.15) is 0 Å². The third kappa shape index (κ3) is 6.36. The summed E-state index contributed by atoms with van der Waals surface area (Å²) in [4.78, 5) is 2.47. The van der Waals surface area contributed by atoms with Crippen molar-refractivity contribution in [2.75, 3.05) is 4.90 Å². The molecule has 0 heterocycles. The second kappa shape index (κ2) is 15.0. The summed E-state index contributed by atoms with van der Waals surface area (Å²) in [5, 5.41) is 4.90. The van der Waals surface area contributed by atoms with Gasteiger partial charge in [0.15, 0.2) is 0 Å². The van der Waals surface area contributed by atoms with Gasteiger partial charge in [0.05, 0.1) is 5.69 Å². The molecule has 0 radical (unpaired) electrons. The van der Waals surface area contributed by atoms with Gasteiger partial charge in [0.25, 0.3) is 0 Å². The van der Waals surface area contributed by atoms with E-state index in [1.807, 2.05) is 0 Å². The molecule has 0 aliphatic carbocycles. The van der Waals surface area contributed by atoms with Crippen molar-refractivity contribution in [3.8, 4) is 55.6 Å². The molecule has 0 aliphatic rings. The summed E-state index contributed by atoms with van der Waals surface area (Å²) in [7, 11) is 0. The normalized spacial score (nSPS) is 11.2. The number of benzene rings is 10. The number of fused-ring (bicyclic) bond motifs is 3. The lowest BCUT2D eigenvalue weighted by atomic mass is 9.84. The Labute approximate surface area is 334 Å². The zero-order valence-corrected chi connectivity index (χ0v) is 31.5. The van der Waals surface area contributed by atoms with Gasteiger partial charge >= 0.3 is 0 Å². The van der Waals surface area contributed by atoms with Gasteiger partial charge in [-0.1, -0.05) is 206 Å². The van der Waals surface area contributed by atoms with Gasteiger partial charge in [0, 0.05) is 22.3 Å². The Hall–Kier alpha value is -7.48. The van der Waals surface area contributed by atoms with E-state index in [1.54, 1.807) is 0 Å². The highest BCUT2D eigenvalue weighted by Crippen LogP contribution is 2.50. The Balaban J connectivity index is 1.31. The van der Waals surface area contributed by atoms with Crippen LogP contribution in [-0.2, 0) is 0 Å². The quantitative estimate of drug-likeness (QED) is 0.141. The van der Waals surface area contributed by atoms with Crippen molar-refractivity contribution in [1.82, 2.24) is 0 Å². The van der Waals surface area contributed by atoms with Crippen molar-refractivity contribution in [1.29, 1.82) is 0 Å². The summed E-state index contributed by atoms with van der Waals surface area (Å²) < 4.78 is 0. The number of anilines is 3. The third-order valence-electron chi connectivity index (χ3n) is 11.1. The van der Waals surface area contributed by atoms with Crippen molar-refractivity contribution in [2.24, 2.45) is 0 Å². The molecular weight excluding hydrogens is 687 g/mol. The van der Waals surface area contributed by atoms with Crippen molar-refractivity contribution < 1.29 is 0 Å². The van der Waals surface area contributed by atoms with Crippen LogP contribution in [0.15, 0.2) is 237 Å². The van der Waals surface area contributed by atoms with Crippen molar-refractivity contribution in [3.05, 3.63) is 237 Å². The Morgan fingerprint density at radius 1 is 0.246 bits per heavy atom. The van der Waals surface area contributed by atoms with E-state index in [1.165, 1.54) is 77.2 Å². The van der Waals surface area contributed by atoms with Crippen LogP contribution in [0.4, 0.5) is 17.1 Å². The van der Waals surface area contributed by atoms with Gasteiger partial charge in [0.2, 0.25) is 0 Å². The first-order valence-electron chi connectivity index (χ1n) is 19.6. The van der Waals surface area contributed by atoms with Gasteiger partial charge in [-0.15, -0.1) is 0 Å². The molecule has 1 nitrogen and oxygen atoms in total. The number of hydrogen-bond donors (Lipinski definition) is 0. The van der Waals surface area contributed by atoms with E-state index < -0.39 is 0 Å². The standard InChI is InChI=1S/C56H39N/c1-6-19-40(20-7-1)41-33-35-46(36-34-41)57(47-37-38-48(42-21-8-2-9-22-42)52(39-47)43-23-10-3-11-24-43)53-32-18-31-51-49-29-16-17-30-50(49)54(44-25-12-4-13-26-44)55(56(51)53)45-27-14-5-15-28-45/h1-39H. The molecule has 0 atom stereocenters. The zero-order chi connectivity index (χ0) is 38.0. The third-order valence-corrected chi connectivity index (χ3v) is 11.1. The number of nitrogens with zero attached hydrogens (tertiary/aromatic N) is 1. The van der Waals surface area contributed by atoms with Crippen LogP contribution in [0.25, 0.3) is 77.2 Å². The molecule has 0 amide bonds. The number of hydrogen-bond acceptors (Lipinski definition) is 1. The maximum Gasteiger partial charge on any atom is 0.0546 e. The molecular formula is C56H39N. The topological polar surface area (TPSA) is 3.24 Å². The summed E-state index contributed by atoms with van der Waals surface area (Å²) in [6.07, 6.45) is 0. The second-order valence-corrected chi connectivity index (χ2v) is 14.4. The first kappa shape index (κ1) is 34.0. The largest absolute Gasteiger partial charge is 0.310 e. The smallest absolute Gasteiger partial charge is 0.0546 e. The minimum Gasteiger partial charge on any atom is -0.310 e. The summed E-state index contributed by atoms with van der Waals surface area (Å²) in [6, 6.07) is 85.7. The maximum absolute atomic E-state index is 2.47. The minimum absolute atomic E-state index is 1.09. The average Bonchev–Trinajstić information content (AvgIpc) is 3.30. The average molecular weight is 726 g/mol. The molecule has 0 aliphatic heterocycles. The highest BCUT2D eigenvalue weighted by atomic mass is 15.1. The molecule has 0 N–H and O–H groups in total. The van der Waals surface area contributed by atoms with Gasteiger partial charge in [-0.05, 0) is 96.6 Å². The van der Waals surface area contributed by atoms with Gasteiger partial charge in [0.1, 0.15) is 0 Å². The first-order chi connectivity index (χ1) is 28.3. The minimum atomic E-state index is 1.09. The fraction of sp³-hybridized carbons (Fsp3) is 0. The van der Waals surface area contributed by atoms with Crippen molar-refractivity contribution in [2.45, 2.75) is 0 Å². The Morgan fingerprint density at radius 3 is 1.28 bits per heavy atom. The van der Waals surface area contributed by atoms with E-state index in [2.05, 4.69) is 241 Å². The van der Waals surface area contributed by atoms with Crippen molar-refractivity contribution in [3.63, 3.8) is 0 Å². The Morgan fingerprint density at radius 2 is 0.684 bits per heavy atom. The lowest BCUT2D eigenvalue weighted by molar-refractivity contribution is 1.30. The molecule has 0 aromatic heterocycles. The molecule has 57 heavy (non-hydrogen) atoms. The second-order valence-electron chi connectivity index (χ2n) is 14.4. The first-order valence-corrected chi connectivity index (χ1v) is 19.6. The SMILES string of the molecule is c1ccc(-c2ccc(N(c3ccc(-c4ccccc4)c(-c4ccccc4)c3)c3cccc4c3c(-c3ccccc3)c(-c3ccccc3)c3ccccc34)cc2)cc1. The van der Waals surface area contributed by atoms with Crippen LogP contribution in [0, 0.1) is 0 Å². The number of rotatable bonds is 8. The van der Waals surface area contributed by atoms with Crippen LogP contribution in [0.3, 0.4) is 0 Å². The molecule has 0 spiro atoms. The lowest BCUT2D eigenvalue weighted by Gasteiger charge is -2.30. The van der Waals surface area contributed by atoms with E-state index in [4.69, 9.17) is 0 Å². The summed E-state index contributed by atoms with van der Waals surface area (Å²) in [6.45, 7) is 0. The molecule has 268 valence electrons. The van der Waals surface area contributed by atoms with E-state index in [9.17, 15) is 0 Å². The van der Waals surface area contributed by atoms with Gasteiger partial charge in [-0.25, -0.2) is 0 Å². The molecule has 1 heteroatoms. The van der Waals surface area contributed by atoms with Gasteiger partial charge < -0.3 is 4.90 Å². The highest BCUT2D eigenvalue weighted by Gasteiger charge is 2.24. The molecule has 10 rings (SSSR count). The predicted octanol–water partition coefficient (Wildman–Crippen LogP) is 15.8. The van der Waals surface area contributed by atoms with Crippen molar-refractivity contribution >= 4 is 38.6 Å². The van der Waals surface area contributed by atoms with E-state index in [-0.39, 0.29) is 0 Å². The maximum atomic E-state index is 2.47. The van der Waals surface area contributed by atoms with Gasteiger partial charge in [-0.2, -0.15) is 0 Å². The van der Waals surface area contributed by atoms with E-state index >= 15 is 0 Å². The van der Waals surface area contributed by atoms with Crippen LogP contribution in [0.5, 0.6) is 0 Å². The summed E-state index contributed by atoms with van der Waals surface area (Å²) in [5.74, 6) is 0. The molecule has 10 aromatic carbocycles. The molecule has 0 unspecified atom stereocenters. The fourth-order valence-electron chi connectivity index (χ4n) is 8.47. The Kier molecular flexibility index (Phi) is 8.95. The zero-order valence-electron chi connectivity index (χ0n) is 31.5. The fourth-order valence-corrected chi connectivity index (χ4v) is 8.47. The predicted molar refractivity (Wildman–Crippen MR) is 243 cm³/mol. The molecule has 10 aromatic rings.